The summed E-state index contributed by atoms with van der Waals surface area (Å²) in [5.41, 5.74) is 3.57. The second kappa shape index (κ2) is 9.24. The van der Waals surface area contributed by atoms with Crippen LogP contribution in [0.15, 0.2) is 65.7 Å². The first-order valence-corrected chi connectivity index (χ1v) is 10.4. The van der Waals surface area contributed by atoms with E-state index in [4.69, 9.17) is 17.4 Å². The highest BCUT2D eigenvalue weighted by atomic mass is 35.5. The van der Waals surface area contributed by atoms with Gasteiger partial charge >= 0.3 is 6.18 Å². The number of halogens is 4. The second-order valence-electron chi connectivity index (χ2n) is 7.39. The molecular weight excluding hydrogens is 469 g/mol. The van der Waals surface area contributed by atoms with Crippen LogP contribution in [-0.4, -0.2) is 19.7 Å². The van der Waals surface area contributed by atoms with E-state index in [-0.39, 0.29) is 18.1 Å². The first kappa shape index (κ1) is 23.4. The van der Waals surface area contributed by atoms with E-state index in [1.165, 1.54) is 13.0 Å². The number of hydrogen-bond acceptors (Lipinski definition) is 6. The molecule has 3 aromatic heterocycles. The molecule has 0 radical (unpaired) electrons. The number of rotatable bonds is 5. The summed E-state index contributed by atoms with van der Waals surface area (Å²) in [5, 5.41) is 4.87. The van der Waals surface area contributed by atoms with Gasteiger partial charge in [0.2, 0.25) is 0 Å². The molecule has 11 heteroatoms. The van der Waals surface area contributed by atoms with Crippen LogP contribution in [0.25, 0.3) is 22.3 Å². The van der Waals surface area contributed by atoms with Crippen LogP contribution >= 0.6 is 11.6 Å². The molecule has 174 valence electrons. The first-order chi connectivity index (χ1) is 16.2. The maximum Gasteiger partial charge on any atom is 0.433 e. The van der Waals surface area contributed by atoms with Gasteiger partial charge in [-0.3, -0.25) is 9.78 Å². The van der Waals surface area contributed by atoms with E-state index in [0.717, 1.165) is 10.7 Å². The Labute approximate surface area is 197 Å². The van der Waals surface area contributed by atoms with E-state index in [1.54, 1.807) is 48.8 Å². The quantitative estimate of drug-likeness (QED) is 0.314. The zero-order valence-electron chi connectivity index (χ0n) is 17.8. The monoisotopic (exact) mass is 486 g/mol. The van der Waals surface area contributed by atoms with E-state index >= 15 is 0 Å². The van der Waals surface area contributed by atoms with Crippen LogP contribution in [-0.2, 0) is 12.7 Å². The third-order valence-electron chi connectivity index (χ3n) is 5.20. The lowest BCUT2D eigenvalue weighted by Crippen LogP contribution is -2.29. The van der Waals surface area contributed by atoms with Crippen molar-refractivity contribution in [3.8, 4) is 22.3 Å². The Bertz CT molecular complexity index is 1390. The number of anilines is 1. The molecule has 0 fully saturated rings. The van der Waals surface area contributed by atoms with Crippen molar-refractivity contribution in [3.05, 3.63) is 93.3 Å². The first-order valence-electron chi connectivity index (χ1n) is 10.0. The van der Waals surface area contributed by atoms with Crippen molar-refractivity contribution in [2.45, 2.75) is 19.6 Å². The van der Waals surface area contributed by atoms with Gasteiger partial charge < -0.3 is 5.43 Å². The van der Waals surface area contributed by atoms with Gasteiger partial charge in [-0.15, -0.1) is 5.10 Å². The van der Waals surface area contributed by atoms with Gasteiger partial charge in [0.1, 0.15) is 5.69 Å². The smallest absolute Gasteiger partial charge is 0.306 e. The molecule has 0 atom stereocenters. The van der Waals surface area contributed by atoms with Gasteiger partial charge in [-0.1, -0.05) is 29.8 Å². The summed E-state index contributed by atoms with van der Waals surface area (Å²) in [6, 6.07) is 12.3. The molecule has 0 saturated carbocycles. The van der Waals surface area contributed by atoms with E-state index in [2.05, 4.69) is 20.5 Å². The maximum atomic E-state index is 13.6. The number of nitrogens with one attached hydrogen (secondary N) is 1. The van der Waals surface area contributed by atoms with Gasteiger partial charge in [-0.2, -0.15) is 13.2 Å². The molecule has 3 N–H and O–H groups in total. The minimum atomic E-state index is -4.57. The summed E-state index contributed by atoms with van der Waals surface area (Å²) in [7, 11) is 0. The molecule has 0 aliphatic heterocycles. The van der Waals surface area contributed by atoms with E-state index in [1.807, 2.05) is 0 Å². The van der Waals surface area contributed by atoms with Gasteiger partial charge in [0.25, 0.3) is 5.56 Å². The van der Waals surface area contributed by atoms with Crippen molar-refractivity contribution in [2.24, 2.45) is 5.84 Å². The highest BCUT2D eigenvalue weighted by molar-refractivity contribution is 6.30. The number of alkyl halides is 3. The zero-order chi connectivity index (χ0) is 24.5. The van der Waals surface area contributed by atoms with E-state index < -0.39 is 17.4 Å². The van der Waals surface area contributed by atoms with Crippen LogP contribution in [0, 0.1) is 6.92 Å². The second-order valence-corrected chi connectivity index (χ2v) is 7.82. The number of nitrogen functional groups attached to an aromatic ring is 1. The average Bonchev–Trinajstić information content (AvgIpc) is 2.81. The molecular formula is C23H18ClF3N6O. The number of hydrazine groups is 1. The van der Waals surface area contributed by atoms with Gasteiger partial charge in [0.15, 0.2) is 5.82 Å². The van der Waals surface area contributed by atoms with Crippen LogP contribution in [0.1, 0.15) is 17.0 Å². The third kappa shape index (κ3) is 4.63. The summed E-state index contributed by atoms with van der Waals surface area (Å²) in [6.45, 7) is 1.34. The fourth-order valence-electron chi connectivity index (χ4n) is 3.54. The minimum Gasteiger partial charge on any atom is -0.306 e. The molecule has 0 unspecified atom stereocenters. The standard InChI is InChI=1S/C23H18ClF3N6O/c1-13-16(4-7-18(30-13)23(25,26)27)12-33-22(34)20(15-8-10-29-11-9-15)19(21(31-28)32-33)14-2-5-17(24)6-3-14/h2-11H,12,28H2,1H3,(H,31,32). The zero-order valence-corrected chi connectivity index (χ0v) is 18.5. The van der Waals surface area contributed by atoms with Crippen LogP contribution in [0.2, 0.25) is 5.02 Å². The fourth-order valence-corrected chi connectivity index (χ4v) is 3.66. The Morgan fingerprint density at radius 1 is 1.00 bits per heavy atom. The Morgan fingerprint density at radius 3 is 2.24 bits per heavy atom. The summed E-state index contributed by atoms with van der Waals surface area (Å²) >= 11 is 6.02. The van der Waals surface area contributed by atoms with Crippen molar-refractivity contribution in [1.82, 2.24) is 19.7 Å². The van der Waals surface area contributed by atoms with Gasteiger partial charge in [0.05, 0.1) is 12.1 Å². The normalized spacial score (nSPS) is 11.5. The number of benzene rings is 1. The predicted molar refractivity (Wildman–Crippen MR) is 123 cm³/mol. The number of hydrogen-bond donors (Lipinski definition) is 2. The molecule has 4 aromatic rings. The van der Waals surface area contributed by atoms with Gasteiger partial charge in [-0.25, -0.2) is 15.5 Å². The lowest BCUT2D eigenvalue weighted by atomic mass is 9.97. The number of aromatic nitrogens is 4. The van der Waals surface area contributed by atoms with Crippen molar-refractivity contribution in [2.75, 3.05) is 5.43 Å². The van der Waals surface area contributed by atoms with Crippen LogP contribution in [0.4, 0.5) is 19.0 Å². The van der Waals surface area contributed by atoms with Gasteiger partial charge in [-0.05, 0) is 53.9 Å². The number of nitrogens with zero attached hydrogens (tertiary/aromatic N) is 4. The summed E-state index contributed by atoms with van der Waals surface area (Å²) in [6.07, 6.45) is -1.47. The van der Waals surface area contributed by atoms with Crippen LogP contribution in [0.5, 0.6) is 0 Å². The van der Waals surface area contributed by atoms with Gasteiger partial charge in [0, 0.05) is 28.7 Å². The Morgan fingerprint density at radius 2 is 1.65 bits per heavy atom. The molecule has 4 rings (SSSR count). The number of pyridine rings is 2. The molecule has 7 nitrogen and oxygen atoms in total. The molecule has 0 spiro atoms. The van der Waals surface area contributed by atoms with Crippen LogP contribution in [0.3, 0.4) is 0 Å². The summed E-state index contributed by atoms with van der Waals surface area (Å²) in [4.78, 5) is 21.3. The van der Waals surface area contributed by atoms with Crippen LogP contribution < -0.4 is 16.8 Å². The molecule has 0 amide bonds. The lowest BCUT2D eigenvalue weighted by Gasteiger charge is -2.17. The predicted octanol–water partition coefficient (Wildman–Crippen LogP) is 4.68. The largest absolute Gasteiger partial charge is 0.433 e. The highest BCUT2D eigenvalue weighted by Crippen LogP contribution is 2.35. The van der Waals surface area contributed by atoms with Crippen molar-refractivity contribution >= 4 is 17.4 Å². The molecule has 0 saturated heterocycles. The van der Waals surface area contributed by atoms with E-state index in [0.29, 0.717) is 32.8 Å². The van der Waals surface area contributed by atoms with Crippen molar-refractivity contribution in [3.63, 3.8) is 0 Å². The minimum absolute atomic E-state index is 0.108. The lowest BCUT2D eigenvalue weighted by molar-refractivity contribution is -0.141. The molecule has 0 bridgehead atoms. The molecule has 34 heavy (non-hydrogen) atoms. The molecule has 0 aliphatic carbocycles. The average molecular weight is 487 g/mol. The third-order valence-corrected chi connectivity index (χ3v) is 5.45. The van der Waals surface area contributed by atoms with Crippen molar-refractivity contribution < 1.29 is 13.2 Å². The summed E-state index contributed by atoms with van der Waals surface area (Å²) < 4.78 is 40.1. The topological polar surface area (TPSA) is 98.7 Å². The summed E-state index contributed by atoms with van der Waals surface area (Å²) in [5.74, 6) is 5.97. The highest BCUT2D eigenvalue weighted by Gasteiger charge is 2.32. The molecule has 1 aromatic carbocycles. The van der Waals surface area contributed by atoms with Crippen molar-refractivity contribution in [1.29, 1.82) is 0 Å². The SMILES string of the molecule is Cc1nc(C(F)(F)F)ccc1Cn1nc(NN)c(-c2ccc(Cl)cc2)c(-c2ccncc2)c1=O. The Balaban J connectivity index is 1.91. The number of nitrogens with two attached hydrogens (primary N) is 1. The Hall–Kier alpha value is -3.76. The molecule has 3 heterocycles. The maximum absolute atomic E-state index is 13.6. The molecule has 0 aliphatic rings. The van der Waals surface area contributed by atoms with E-state index in [9.17, 15) is 18.0 Å². The fraction of sp³-hybridized carbons (Fsp3) is 0.130. The number of aryl methyl sites for hydroxylation is 1. The Kier molecular flexibility index (Phi) is 6.36.